The molecule has 0 fully saturated rings. The lowest BCUT2D eigenvalue weighted by atomic mass is 9.98. The number of fused-ring (bicyclic) bond motifs is 1. The van der Waals surface area contributed by atoms with E-state index in [4.69, 9.17) is 11.6 Å². The highest BCUT2D eigenvalue weighted by Gasteiger charge is 2.19. The van der Waals surface area contributed by atoms with Crippen LogP contribution < -0.4 is 5.32 Å². The molecule has 108 valence electrons. The van der Waals surface area contributed by atoms with Crippen LogP contribution >= 0.6 is 54.8 Å². The summed E-state index contributed by atoms with van der Waals surface area (Å²) in [6, 6.07) is 12.3. The third-order valence-electron chi connectivity index (χ3n) is 3.45. The van der Waals surface area contributed by atoms with Crippen molar-refractivity contribution in [2.45, 2.75) is 6.04 Å². The molecule has 1 N–H and O–H groups in total. The van der Waals surface area contributed by atoms with Gasteiger partial charge in [-0.25, -0.2) is 0 Å². The Morgan fingerprint density at radius 1 is 1.14 bits per heavy atom. The van der Waals surface area contributed by atoms with Gasteiger partial charge in [-0.3, -0.25) is 0 Å². The Hall–Kier alpha value is -0.390. The van der Waals surface area contributed by atoms with Crippen molar-refractivity contribution in [2.75, 3.05) is 7.05 Å². The molecular formula is C16H12Br2ClNS. The SMILES string of the molecule is CNC(c1cc(Br)ccc1Cl)c1csc2c(Br)cccc12. The van der Waals surface area contributed by atoms with Gasteiger partial charge in [-0.1, -0.05) is 39.7 Å². The van der Waals surface area contributed by atoms with Crippen LogP contribution in [0.25, 0.3) is 10.1 Å². The van der Waals surface area contributed by atoms with E-state index >= 15 is 0 Å². The van der Waals surface area contributed by atoms with Crippen molar-refractivity contribution >= 4 is 64.9 Å². The summed E-state index contributed by atoms with van der Waals surface area (Å²) >= 11 is 15.3. The molecule has 0 saturated carbocycles. The molecule has 1 atom stereocenters. The number of nitrogens with one attached hydrogen (secondary N) is 1. The number of hydrogen-bond acceptors (Lipinski definition) is 2. The summed E-state index contributed by atoms with van der Waals surface area (Å²) in [7, 11) is 1.96. The summed E-state index contributed by atoms with van der Waals surface area (Å²) in [5.74, 6) is 0. The molecule has 3 rings (SSSR count). The van der Waals surface area contributed by atoms with Gasteiger partial charge in [0.25, 0.3) is 0 Å². The predicted octanol–water partition coefficient (Wildman–Crippen LogP) is 6.39. The first kappa shape index (κ1) is 15.5. The number of benzene rings is 2. The molecule has 0 radical (unpaired) electrons. The third kappa shape index (κ3) is 2.92. The average molecular weight is 446 g/mol. The van der Waals surface area contributed by atoms with E-state index in [0.29, 0.717) is 0 Å². The first-order valence-corrected chi connectivity index (χ1v) is 9.24. The van der Waals surface area contributed by atoms with Crippen LogP contribution in [-0.2, 0) is 0 Å². The predicted molar refractivity (Wildman–Crippen MR) is 99.6 cm³/mol. The van der Waals surface area contributed by atoms with Gasteiger partial charge in [0.05, 0.1) is 6.04 Å². The third-order valence-corrected chi connectivity index (χ3v) is 6.26. The molecule has 1 nitrogen and oxygen atoms in total. The number of halogens is 3. The summed E-state index contributed by atoms with van der Waals surface area (Å²) in [5, 5.41) is 7.61. The van der Waals surface area contributed by atoms with E-state index in [0.717, 1.165) is 19.5 Å². The Morgan fingerprint density at radius 2 is 1.95 bits per heavy atom. The van der Waals surface area contributed by atoms with E-state index < -0.39 is 0 Å². The smallest absolute Gasteiger partial charge is 0.0603 e. The lowest BCUT2D eigenvalue weighted by Crippen LogP contribution is -2.17. The van der Waals surface area contributed by atoms with Gasteiger partial charge < -0.3 is 5.32 Å². The molecule has 5 heteroatoms. The van der Waals surface area contributed by atoms with Crippen LogP contribution in [0.4, 0.5) is 0 Å². The fourth-order valence-corrected chi connectivity index (χ4v) is 4.73. The zero-order chi connectivity index (χ0) is 15.0. The minimum atomic E-state index is 0.0676. The molecule has 0 aliphatic carbocycles. The molecule has 2 aromatic carbocycles. The molecule has 0 aliphatic heterocycles. The van der Waals surface area contributed by atoms with E-state index in [1.54, 1.807) is 11.3 Å². The molecule has 3 aromatic rings. The maximum Gasteiger partial charge on any atom is 0.0603 e. The van der Waals surface area contributed by atoms with Crippen molar-refractivity contribution in [3.05, 3.63) is 66.9 Å². The summed E-state index contributed by atoms with van der Waals surface area (Å²) in [4.78, 5) is 0. The number of rotatable bonds is 3. The molecule has 0 aliphatic rings. The van der Waals surface area contributed by atoms with Crippen LogP contribution in [0, 0.1) is 0 Å². The highest BCUT2D eigenvalue weighted by atomic mass is 79.9. The highest BCUT2D eigenvalue weighted by Crippen LogP contribution is 2.39. The Morgan fingerprint density at radius 3 is 2.71 bits per heavy atom. The second-order valence-corrected chi connectivity index (χ2v) is 7.75. The number of hydrogen-bond donors (Lipinski definition) is 1. The van der Waals surface area contributed by atoms with Gasteiger partial charge in [0.1, 0.15) is 0 Å². The van der Waals surface area contributed by atoms with Crippen molar-refractivity contribution in [3.8, 4) is 0 Å². The maximum atomic E-state index is 6.40. The standard InChI is InChI=1S/C16H12Br2ClNS/c1-20-15(11-7-9(17)5-6-14(11)19)12-8-21-16-10(12)3-2-4-13(16)18/h2-8,15,20H,1H3. The normalized spacial score (nSPS) is 12.8. The van der Waals surface area contributed by atoms with Crippen LogP contribution in [-0.4, -0.2) is 7.05 Å². The molecule has 0 spiro atoms. The molecule has 0 saturated heterocycles. The molecule has 1 heterocycles. The van der Waals surface area contributed by atoms with E-state index in [1.165, 1.54) is 15.6 Å². The zero-order valence-corrected chi connectivity index (χ0v) is 15.9. The second-order valence-electron chi connectivity index (χ2n) is 4.70. The van der Waals surface area contributed by atoms with Gasteiger partial charge in [0.15, 0.2) is 0 Å². The van der Waals surface area contributed by atoms with E-state index in [1.807, 2.05) is 19.2 Å². The first-order valence-electron chi connectivity index (χ1n) is 6.39. The van der Waals surface area contributed by atoms with Crippen LogP contribution in [0.2, 0.25) is 5.02 Å². The van der Waals surface area contributed by atoms with Crippen LogP contribution in [0.5, 0.6) is 0 Å². The van der Waals surface area contributed by atoms with Gasteiger partial charge in [-0.05, 0) is 69.1 Å². The quantitative estimate of drug-likeness (QED) is 0.493. The Bertz CT molecular complexity index is 800. The summed E-state index contributed by atoms with van der Waals surface area (Å²) in [6.45, 7) is 0. The average Bonchev–Trinajstić information content (AvgIpc) is 2.89. The number of thiophene rings is 1. The molecule has 1 unspecified atom stereocenters. The van der Waals surface area contributed by atoms with Gasteiger partial charge in [-0.2, -0.15) is 0 Å². The van der Waals surface area contributed by atoms with Crippen LogP contribution in [0.15, 0.2) is 50.7 Å². The first-order chi connectivity index (χ1) is 10.1. The fourth-order valence-electron chi connectivity index (χ4n) is 2.48. The summed E-state index contributed by atoms with van der Waals surface area (Å²) in [5.41, 5.74) is 2.33. The highest BCUT2D eigenvalue weighted by molar-refractivity contribution is 9.11. The van der Waals surface area contributed by atoms with Crippen LogP contribution in [0.1, 0.15) is 17.2 Å². The van der Waals surface area contributed by atoms with Gasteiger partial charge in [-0.15, -0.1) is 11.3 Å². The topological polar surface area (TPSA) is 12.0 Å². The van der Waals surface area contributed by atoms with Gasteiger partial charge in [0.2, 0.25) is 0 Å². The van der Waals surface area contributed by atoms with E-state index in [-0.39, 0.29) is 6.04 Å². The van der Waals surface area contributed by atoms with Crippen molar-refractivity contribution in [2.24, 2.45) is 0 Å². The van der Waals surface area contributed by atoms with Gasteiger partial charge >= 0.3 is 0 Å². The molecule has 21 heavy (non-hydrogen) atoms. The monoisotopic (exact) mass is 443 g/mol. The molecular weight excluding hydrogens is 434 g/mol. The fraction of sp³-hybridized carbons (Fsp3) is 0.125. The lowest BCUT2D eigenvalue weighted by Gasteiger charge is -2.18. The van der Waals surface area contributed by atoms with E-state index in [2.05, 4.69) is 66.8 Å². The Labute approximate surface area is 149 Å². The maximum absolute atomic E-state index is 6.40. The molecule has 0 bridgehead atoms. The van der Waals surface area contributed by atoms with Crippen molar-refractivity contribution in [1.82, 2.24) is 5.32 Å². The summed E-state index contributed by atoms with van der Waals surface area (Å²) < 4.78 is 3.42. The van der Waals surface area contributed by atoms with Crippen molar-refractivity contribution in [3.63, 3.8) is 0 Å². The van der Waals surface area contributed by atoms with Crippen molar-refractivity contribution in [1.29, 1.82) is 0 Å². The van der Waals surface area contributed by atoms with Crippen LogP contribution in [0.3, 0.4) is 0 Å². The Kier molecular flexibility index (Phi) is 4.71. The largest absolute Gasteiger partial charge is 0.309 e. The van der Waals surface area contributed by atoms with Crippen molar-refractivity contribution < 1.29 is 0 Å². The minimum Gasteiger partial charge on any atom is -0.309 e. The lowest BCUT2D eigenvalue weighted by molar-refractivity contribution is 0.698. The zero-order valence-electron chi connectivity index (χ0n) is 11.2. The molecule has 1 aromatic heterocycles. The second kappa shape index (κ2) is 6.39. The summed E-state index contributed by atoms with van der Waals surface area (Å²) in [6.07, 6.45) is 0. The molecule has 0 amide bonds. The minimum absolute atomic E-state index is 0.0676. The van der Waals surface area contributed by atoms with E-state index in [9.17, 15) is 0 Å². The Balaban J connectivity index is 2.19. The van der Waals surface area contributed by atoms with Gasteiger partial charge in [0, 0.05) is 18.7 Å².